The molecule has 0 atom stereocenters. The first kappa shape index (κ1) is 24.9. The van der Waals surface area contributed by atoms with Crippen LogP contribution in [0.5, 0.6) is 0 Å². The lowest BCUT2D eigenvalue weighted by Crippen LogP contribution is -2.37. The number of carbonyl (C=O) groups is 2. The molecule has 0 saturated heterocycles. The fourth-order valence-corrected chi connectivity index (χ4v) is 5.18. The van der Waals surface area contributed by atoms with Crippen LogP contribution in [0.2, 0.25) is 0 Å². The van der Waals surface area contributed by atoms with E-state index in [-0.39, 0.29) is 29.6 Å². The van der Waals surface area contributed by atoms with Gasteiger partial charge in [0.15, 0.2) is 0 Å². The number of benzene rings is 1. The van der Waals surface area contributed by atoms with Crippen LogP contribution in [0.1, 0.15) is 71.3 Å². The highest BCUT2D eigenvalue weighted by molar-refractivity contribution is 7.09. The molecule has 0 aliphatic heterocycles. The highest BCUT2D eigenvalue weighted by Gasteiger charge is 2.25. The fourth-order valence-electron chi connectivity index (χ4n) is 4.32. The summed E-state index contributed by atoms with van der Waals surface area (Å²) in [6.45, 7) is 4.73. The van der Waals surface area contributed by atoms with E-state index < -0.39 is 17.2 Å². The molecule has 2 aromatic heterocycles. The second-order valence-corrected chi connectivity index (χ2v) is 10.5. The third-order valence-electron chi connectivity index (χ3n) is 6.28. The lowest BCUT2D eigenvalue weighted by Gasteiger charge is -2.20. The van der Waals surface area contributed by atoms with Gasteiger partial charge in [0.2, 0.25) is 5.43 Å². The van der Waals surface area contributed by atoms with Gasteiger partial charge in [-0.1, -0.05) is 57.0 Å². The van der Waals surface area contributed by atoms with Gasteiger partial charge in [0.1, 0.15) is 16.1 Å². The van der Waals surface area contributed by atoms with Gasteiger partial charge in [0.25, 0.3) is 11.8 Å². The molecule has 8 heteroatoms. The second kappa shape index (κ2) is 11.0. The maximum absolute atomic E-state index is 13.4. The monoisotopic (exact) mass is 492 g/mol. The van der Waals surface area contributed by atoms with Crippen LogP contribution in [0.25, 0.3) is 11.3 Å². The SMILES string of the molecule is CC(C)CNC(=O)c1cn(C2CCCC2)cc(C(=O)N(C)Cc2nc(-c3ccccc3)cs2)c1=O. The Morgan fingerprint density at radius 3 is 2.51 bits per heavy atom. The average molecular weight is 493 g/mol. The van der Waals surface area contributed by atoms with Gasteiger partial charge in [-0.3, -0.25) is 14.4 Å². The van der Waals surface area contributed by atoms with Crippen LogP contribution in [0, 0.1) is 5.92 Å². The van der Waals surface area contributed by atoms with E-state index in [1.54, 1.807) is 19.4 Å². The zero-order valence-electron chi connectivity index (χ0n) is 20.5. The van der Waals surface area contributed by atoms with Gasteiger partial charge in [-0.15, -0.1) is 11.3 Å². The van der Waals surface area contributed by atoms with E-state index >= 15 is 0 Å². The summed E-state index contributed by atoms with van der Waals surface area (Å²) in [5.41, 5.74) is 1.40. The summed E-state index contributed by atoms with van der Waals surface area (Å²) >= 11 is 1.48. The number of amides is 2. The number of hydrogen-bond acceptors (Lipinski definition) is 5. The van der Waals surface area contributed by atoms with Crippen molar-refractivity contribution in [2.24, 2.45) is 5.92 Å². The van der Waals surface area contributed by atoms with E-state index in [2.05, 4.69) is 10.3 Å². The van der Waals surface area contributed by atoms with Crippen LogP contribution in [-0.4, -0.2) is 39.9 Å². The van der Waals surface area contributed by atoms with Crippen molar-refractivity contribution in [1.82, 2.24) is 19.8 Å². The molecular weight excluding hydrogens is 460 g/mol. The number of aromatic nitrogens is 2. The molecule has 0 unspecified atom stereocenters. The highest BCUT2D eigenvalue weighted by Crippen LogP contribution is 2.29. The van der Waals surface area contributed by atoms with Crippen molar-refractivity contribution in [3.05, 3.63) is 74.5 Å². The fraction of sp³-hybridized carbons (Fsp3) is 0.407. The van der Waals surface area contributed by atoms with Crippen LogP contribution in [-0.2, 0) is 6.54 Å². The Bertz CT molecular complexity index is 1240. The maximum atomic E-state index is 13.4. The quantitative estimate of drug-likeness (QED) is 0.492. The number of nitrogens with zero attached hydrogens (tertiary/aromatic N) is 3. The average Bonchev–Trinajstić information content (AvgIpc) is 3.55. The molecule has 7 nitrogen and oxygen atoms in total. The van der Waals surface area contributed by atoms with Crippen LogP contribution < -0.4 is 10.7 Å². The van der Waals surface area contributed by atoms with Crippen molar-refractivity contribution in [3.8, 4) is 11.3 Å². The van der Waals surface area contributed by atoms with Gasteiger partial charge in [-0.2, -0.15) is 0 Å². The lowest BCUT2D eigenvalue weighted by molar-refractivity contribution is 0.0782. The Balaban J connectivity index is 1.59. The minimum Gasteiger partial charge on any atom is -0.352 e. The molecule has 1 aliphatic carbocycles. The standard InChI is InChI=1S/C27H32N4O3S/c1-18(2)13-28-26(33)21-14-31(20-11-7-8-12-20)15-22(25(21)32)27(34)30(3)16-24-29-23(17-35-24)19-9-5-4-6-10-19/h4-6,9-10,14-15,17-18,20H,7-8,11-13,16H2,1-3H3,(H,28,33). The first-order valence-corrected chi connectivity index (χ1v) is 13.0. The van der Waals surface area contributed by atoms with E-state index in [0.717, 1.165) is 41.9 Å². The summed E-state index contributed by atoms with van der Waals surface area (Å²) in [6.07, 6.45) is 7.40. The molecule has 0 bridgehead atoms. The van der Waals surface area contributed by atoms with E-state index in [4.69, 9.17) is 0 Å². The van der Waals surface area contributed by atoms with Gasteiger partial charge in [0.05, 0.1) is 12.2 Å². The zero-order chi connectivity index (χ0) is 24.9. The molecule has 1 N–H and O–H groups in total. The number of nitrogens with one attached hydrogen (secondary N) is 1. The molecule has 0 radical (unpaired) electrons. The van der Waals surface area contributed by atoms with Crippen molar-refractivity contribution in [2.45, 2.75) is 52.1 Å². The summed E-state index contributed by atoms with van der Waals surface area (Å²) in [6, 6.07) is 10.1. The Kier molecular flexibility index (Phi) is 7.80. The summed E-state index contributed by atoms with van der Waals surface area (Å²) in [4.78, 5) is 45.7. The van der Waals surface area contributed by atoms with Crippen LogP contribution >= 0.6 is 11.3 Å². The molecule has 3 aromatic rings. The van der Waals surface area contributed by atoms with Crippen molar-refractivity contribution >= 4 is 23.2 Å². The highest BCUT2D eigenvalue weighted by atomic mass is 32.1. The lowest BCUT2D eigenvalue weighted by atomic mass is 10.1. The molecule has 4 rings (SSSR count). The first-order chi connectivity index (χ1) is 16.8. The smallest absolute Gasteiger partial charge is 0.259 e. The van der Waals surface area contributed by atoms with E-state index in [9.17, 15) is 14.4 Å². The number of thiazole rings is 1. The van der Waals surface area contributed by atoms with E-state index in [1.165, 1.54) is 16.2 Å². The molecule has 35 heavy (non-hydrogen) atoms. The molecular formula is C27H32N4O3S. The van der Waals surface area contributed by atoms with Gasteiger partial charge in [-0.25, -0.2) is 4.98 Å². The van der Waals surface area contributed by atoms with Crippen LogP contribution in [0.4, 0.5) is 0 Å². The van der Waals surface area contributed by atoms with Crippen molar-refractivity contribution in [2.75, 3.05) is 13.6 Å². The first-order valence-electron chi connectivity index (χ1n) is 12.1. The topological polar surface area (TPSA) is 84.3 Å². The summed E-state index contributed by atoms with van der Waals surface area (Å²) in [7, 11) is 1.66. The maximum Gasteiger partial charge on any atom is 0.259 e. The number of hydrogen-bond donors (Lipinski definition) is 1. The molecule has 1 aliphatic rings. The Morgan fingerprint density at radius 2 is 1.83 bits per heavy atom. The molecule has 1 fully saturated rings. The summed E-state index contributed by atoms with van der Waals surface area (Å²) in [5.74, 6) is -0.581. The zero-order valence-corrected chi connectivity index (χ0v) is 21.3. The van der Waals surface area contributed by atoms with Gasteiger partial charge >= 0.3 is 0 Å². The van der Waals surface area contributed by atoms with Gasteiger partial charge in [0, 0.05) is 43.0 Å². The summed E-state index contributed by atoms with van der Waals surface area (Å²) in [5, 5.41) is 5.57. The third-order valence-corrected chi connectivity index (χ3v) is 7.11. The van der Waals surface area contributed by atoms with E-state index in [0.29, 0.717) is 6.54 Å². The molecule has 1 saturated carbocycles. The molecule has 2 heterocycles. The Morgan fingerprint density at radius 1 is 1.14 bits per heavy atom. The summed E-state index contributed by atoms with van der Waals surface area (Å²) < 4.78 is 1.90. The number of pyridine rings is 1. The van der Waals surface area contributed by atoms with Gasteiger partial charge < -0.3 is 14.8 Å². The predicted molar refractivity (Wildman–Crippen MR) is 139 cm³/mol. The Hall–Kier alpha value is -3.26. The number of rotatable bonds is 8. The molecule has 184 valence electrons. The molecule has 2 amide bonds. The molecule has 0 spiro atoms. The van der Waals surface area contributed by atoms with Crippen molar-refractivity contribution in [3.63, 3.8) is 0 Å². The minimum atomic E-state index is -0.526. The largest absolute Gasteiger partial charge is 0.352 e. The van der Waals surface area contributed by atoms with E-state index in [1.807, 2.05) is 54.1 Å². The van der Waals surface area contributed by atoms with Crippen molar-refractivity contribution in [1.29, 1.82) is 0 Å². The van der Waals surface area contributed by atoms with Crippen molar-refractivity contribution < 1.29 is 9.59 Å². The predicted octanol–water partition coefficient (Wildman–Crippen LogP) is 4.74. The van der Waals surface area contributed by atoms with Crippen LogP contribution in [0.3, 0.4) is 0 Å². The second-order valence-electron chi connectivity index (χ2n) is 9.56. The number of carbonyl (C=O) groups excluding carboxylic acids is 2. The van der Waals surface area contributed by atoms with Gasteiger partial charge in [-0.05, 0) is 18.8 Å². The minimum absolute atomic E-state index is 0.0245. The normalized spacial score (nSPS) is 13.8. The Labute approximate surface area is 209 Å². The molecule has 1 aromatic carbocycles. The third kappa shape index (κ3) is 5.88. The van der Waals surface area contributed by atoms with Crippen LogP contribution in [0.15, 0.2) is 52.9 Å².